The molecule has 0 aromatic carbocycles. The van der Waals surface area contributed by atoms with E-state index < -0.39 is 0 Å². The molecule has 0 saturated carbocycles. The Hall–Kier alpha value is -0.555. The zero-order valence-corrected chi connectivity index (χ0v) is 17.6. The molecule has 1 fully saturated rings. The molecular weight excluding hydrogens is 331 g/mol. The van der Waals surface area contributed by atoms with Crippen molar-refractivity contribution in [2.75, 3.05) is 0 Å². The van der Waals surface area contributed by atoms with Gasteiger partial charge in [0.05, 0.1) is 11.2 Å². The first-order chi connectivity index (χ1) is 11.6. The molecule has 0 spiro atoms. The van der Waals surface area contributed by atoms with Gasteiger partial charge in [-0.25, -0.2) is 0 Å². The number of aromatic nitrogens is 1. The molecule has 4 nitrogen and oxygen atoms in total. The van der Waals surface area contributed by atoms with Crippen molar-refractivity contribution in [3.05, 3.63) is 18.5 Å². The first-order valence-electron chi connectivity index (χ1n) is 9.37. The van der Waals surface area contributed by atoms with Gasteiger partial charge in [-0.2, -0.15) is 0 Å². The minimum Gasteiger partial charge on any atom is -0.399 e. The van der Waals surface area contributed by atoms with Gasteiger partial charge in [0, 0.05) is 28.8 Å². The average molecular weight is 364 g/mol. The molecule has 0 amide bonds. The molecule has 1 aromatic rings. The van der Waals surface area contributed by atoms with E-state index in [0.717, 1.165) is 22.7 Å². The highest BCUT2D eigenvalue weighted by Crippen LogP contribution is 2.36. The van der Waals surface area contributed by atoms with Crippen LogP contribution in [0.15, 0.2) is 23.4 Å². The predicted molar refractivity (Wildman–Crippen MR) is 107 cm³/mol. The van der Waals surface area contributed by atoms with Crippen LogP contribution in [0.25, 0.3) is 0 Å². The number of rotatable bonds is 8. The Bertz CT molecular complexity index is 550. The van der Waals surface area contributed by atoms with Crippen LogP contribution in [0.4, 0.5) is 0 Å². The lowest BCUT2D eigenvalue weighted by Crippen LogP contribution is -2.41. The van der Waals surface area contributed by atoms with E-state index in [1.165, 1.54) is 12.8 Å². The largest absolute Gasteiger partial charge is 0.496 e. The summed E-state index contributed by atoms with van der Waals surface area (Å²) in [5, 5.41) is 0. The van der Waals surface area contributed by atoms with Crippen LogP contribution in [0, 0.1) is 5.92 Å². The molecule has 1 aliphatic rings. The third-order valence-corrected chi connectivity index (χ3v) is 6.10. The fourth-order valence-corrected chi connectivity index (χ4v) is 3.53. The van der Waals surface area contributed by atoms with Crippen molar-refractivity contribution in [1.82, 2.24) is 9.71 Å². The topological polar surface area (TPSA) is 43.4 Å². The molecule has 1 atom stereocenters. The minimum atomic E-state index is -0.360. The Balaban J connectivity index is 1.97. The zero-order valence-electron chi connectivity index (χ0n) is 16.8. The second-order valence-electron chi connectivity index (χ2n) is 8.34. The van der Waals surface area contributed by atoms with Crippen LogP contribution in [0.2, 0.25) is 0 Å². The molecule has 1 unspecified atom stereocenters. The van der Waals surface area contributed by atoms with E-state index in [-0.39, 0.29) is 18.3 Å². The van der Waals surface area contributed by atoms with Gasteiger partial charge in [0.1, 0.15) is 0 Å². The van der Waals surface area contributed by atoms with Gasteiger partial charge in [0.25, 0.3) is 0 Å². The van der Waals surface area contributed by atoms with Gasteiger partial charge >= 0.3 is 7.12 Å². The summed E-state index contributed by atoms with van der Waals surface area (Å²) in [6.45, 7) is 15.1. The van der Waals surface area contributed by atoms with Crippen molar-refractivity contribution in [2.45, 2.75) is 89.9 Å². The molecule has 0 bridgehead atoms. The fraction of sp³-hybridized carbons (Fsp3) is 0.737. The van der Waals surface area contributed by atoms with Gasteiger partial charge < -0.3 is 9.31 Å². The van der Waals surface area contributed by atoms with Crippen molar-refractivity contribution >= 4 is 24.5 Å². The lowest BCUT2D eigenvalue weighted by molar-refractivity contribution is 0.00578. The third-order valence-electron chi connectivity index (χ3n) is 5.19. The van der Waals surface area contributed by atoms with Gasteiger partial charge in [0.15, 0.2) is 0 Å². The van der Waals surface area contributed by atoms with E-state index >= 15 is 0 Å². The smallest absolute Gasteiger partial charge is 0.399 e. The van der Waals surface area contributed by atoms with Gasteiger partial charge in [0.2, 0.25) is 0 Å². The second-order valence-corrected chi connectivity index (χ2v) is 9.25. The van der Waals surface area contributed by atoms with Crippen molar-refractivity contribution in [3.8, 4) is 0 Å². The second kappa shape index (κ2) is 8.42. The highest BCUT2D eigenvalue weighted by molar-refractivity contribution is 7.97. The van der Waals surface area contributed by atoms with E-state index in [0.29, 0.717) is 6.04 Å². The van der Waals surface area contributed by atoms with Crippen molar-refractivity contribution in [2.24, 2.45) is 5.92 Å². The Morgan fingerprint density at radius 2 is 1.76 bits per heavy atom. The fourth-order valence-electron chi connectivity index (χ4n) is 2.63. The quantitative estimate of drug-likeness (QED) is 0.553. The van der Waals surface area contributed by atoms with Crippen LogP contribution in [0.3, 0.4) is 0 Å². The summed E-state index contributed by atoms with van der Waals surface area (Å²) >= 11 is 1.65. The molecule has 6 heteroatoms. The standard InChI is InChI=1S/C19H33BN2O2S/c1-8-16(10-9-14(2)3)22-25-17-11-15(12-21-13-17)20-23-18(4,5)19(6,7)24-20/h11-14,16,22H,8-10H2,1-7H3. The molecule has 0 radical (unpaired) electrons. The van der Waals surface area contributed by atoms with E-state index in [1.54, 1.807) is 11.9 Å². The van der Waals surface area contributed by atoms with Crippen molar-refractivity contribution in [3.63, 3.8) is 0 Å². The average Bonchev–Trinajstić information content (AvgIpc) is 2.76. The molecule has 140 valence electrons. The van der Waals surface area contributed by atoms with Crippen LogP contribution >= 0.6 is 11.9 Å². The molecule has 25 heavy (non-hydrogen) atoms. The number of hydrogen-bond donors (Lipinski definition) is 1. The predicted octanol–water partition coefficient (Wildman–Crippen LogP) is 4.19. The molecule has 0 aliphatic carbocycles. The summed E-state index contributed by atoms with van der Waals surface area (Å²) in [6, 6.07) is 2.63. The SMILES string of the molecule is CCC(CCC(C)C)NSc1cncc(B2OC(C)(C)C(C)(C)O2)c1. The van der Waals surface area contributed by atoms with Gasteiger partial charge in [-0.05, 0) is 70.9 Å². The number of nitrogens with one attached hydrogen (secondary N) is 1. The summed E-state index contributed by atoms with van der Waals surface area (Å²) in [4.78, 5) is 5.47. The first-order valence-corrected chi connectivity index (χ1v) is 10.2. The van der Waals surface area contributed by atoms with E-state index in [9.17, 15) is 0 Å². The number of pyridine rings is 1. The minimum absolute atomic E-state index is 0.330. The lowest BCUT2D eigenvalue weighted by atomic mass is 9.80. The Kier molecular flexibility index (Phi) is 6.99. The summed E-state index contributed by atoms with van der Waals surface area (Å²) in [5.74, 6) is 0.745. The third kappa shape index (κ3) is 5.46. The maximum absolute atomic E-state index is 6.12. The van der Waals surface area contributed by atoms with Crippen molar-refractivity contribution < 1.29 is 9.31 Å². The Labute approximate surface area is 158 Å². The summed E-state index contributed by atoms with van der Waals surface area (Å²) < 4.78 is 15.8. The maximum atomic E-state index is 6.12. The maximum Gasteiger partial charge on any atom is 0.496 e. The van der Waals surface area contributed by atoms with E-state index in [2.05, 4.69) is 64.2 Å². The van der Waals surface area contributed by atoms with Crippen LogP contribution in [-0.4, -0.2) is 29.3 Å². The van der Waals surface area contributed by atoms with Crippen LogP contribution in [-0.2, 0) is 9.31 Å². The van der Waals surface area contributed by atoms with E-state index in [4.69, 9.17) is 9.31 Å². The highest BCUT2D eigenvalue weighted by atomic mass is 32.2. The normalized spacial score (nSPS) is 20.2. The highest BCUT2D eigenvalue weighted by Gasteiger charge is 2.51. The molecule has 1 aliphatic heterocycles. The zero-order chi connectivity index (χ0) is 18.7. The van der Waals surface area contributed by atoms with Crippen LogP contribution in [0.1, 0.15) is 67.7 Å². The Morgan fingerprint density at radius 3 is 2.32 bits per heavy atom. The monoisotopic (exact) mass is 364 g/mol. The van der Waals surface area contributed by atoms with E-state index in [1.807, 2.05) is 12.4 Å². The van der Waals surface area contributed by atoms with Crippen LogP contribution < -0.4 is 10.2 Å². The molecular formula is C19H33BN2O2S. The lowest BCUT2D eigenvalue weighted by Gasteiger charge is -2.32. The molecule has 1 saturated heterocycles. The van der Waals surface area contributed by atoms with Gasteiger partial charge in [-0.3, -0.25) is 9.71 Å². The summed E-state index contributed by atoms with van der Waals surface area (Å²) in [5.41, 5.74) is 0.313. The molecule has 1 aromatic heterocycles. The summed E-state index contributed by atoms with van der Waals surface area (Å²) in [7, 11) is -0.360. The summed E-state index contributed by atoms with van der Waals surface area (Å²) in [6.07, 6.45) is 7.30. The van der Waals surface area contributed by atoms with Gasteiger partial charge in [-0.15, -0.1) is 0 Å². The van der Waals surface area contributed by atoms with Crippen molar-refractivity contribution in [1.29, 1.82) is 0 Å². The molecule has 2 rings (SSSR count). The number of nitrogens with zero attached hydrogens (tertiary/aromatic N) is 1. The Morgan fingerprint density at radius 1 is 1.12 bits per heavy atom. The van der Waals surface area contributed by atoms with Gasteiger partial charge in [-0.1, -0.05) is 20.8 Å². The number of hydrogen-bond acceptors (Lipinski definition) is 5. The first kappa shape index (κ1) is 20.8. The van der Waals surface area contributed by atoms with Crippen LogP contribution in [0.5, 0.6) is 0 Å². The molecule has 1 N–H and O–H groups in total. The molecule has 2 heterocycles.